The third kappa shape index (κ3) is 4.43. The van der Waals surface area contributed by atoms with Gasteiger partial charge in [0, 0.05) is 20.3 Å². The number of benzene rings is 2. The molecule has 1 N–H and O–H groups in total. The average molecular weight is 468 g/mol. The largest absolute Gasteiger partial charge is 0.280 e. The summed E-state index contributed by atoms with van der Waals surface area (Å²) in [5.41, 5.74) is 1.24. The Morgan fingerprint density at radius 3 is 2.33 bits per heavy atom. The van der Waals surface area contributed by atoms with Crippen LogP contribution in [0.15, 0.2) is 75.9 Å². The number of nitrogens with one attached hydrogen (secondary N) is 1. The fourth-order valence-corrected chi connectivity index (χ4v) is 3.95. The highest BCUT2D eigenvalue weighted by atomic mass is 127. The second-order valence-corrected chi connectivity index (χ2v) is 8.79. The predicted octanol–water partition coefficient (Wildman–Crippen LogP) is 4.90. The molecule has 0 spiro atoms. The van der Waals surface area contributed by atoms with Gasteiger partial charge in [-0.15, -0.1) is 11.3 Å². The van der Waals surface area contributed by atoms with Crippen LogP contribution in [0, 0.1) is 3.57 Å². The lowest BCUT2D eigenvalue weighted by molar-refractivity contribution is 0.601. The molecule has 0 aliphatic rings. The molecule has 1 heterocycles. The molecule has 0 atom stereocenters. The molecule has 24 heavy (non-hydrogen) atoms. The summed E-state index contributed by atoms with van der Waals surface area (Å²) in [5.74, 6) is 0. The maximum atomic E-state index is 12.4. The maximum Gasteiger partial charge on any atom is 0.261 e. The fraction of sp³-hybridized carbons (Fsp3) is 0. The van der Waals surface area contributed by atoms with Gasteiger partial charge in [0.25, 0.3) is 10.0 Å². The molecule has 0 bridgehead atoms. The predicted molar refractivity (Wildman–Crippen MR) is 108 cm³/mol. The number of hydrogen-bond acceptors (Lipinski definition) is 4. The van der Waals surface area contributed by atoms with Crippen molar-refractivity contribution in [2.75, 3.05) is 4.72 Å². The molecule has 0 aliphatic heterocycles. The number of anilines is 1. The first-order valence-electron chi connectivity index (χ1n) is 6.99. The number of thiophene rings is 1. The number of nitrogens with zero attached hydrogens (tertiary/aromatic N) is 1. The molecule has 7 heteroatoms. The highest BCUT2D eigenvalue weighted by Crippen LogP contribution is 2.20. The van der Waals surface area contributed by atoms with Crippen molar-refractivity contribution in [3.63, 3.8) is 0 Å². The zero-order valence-electron chi connectivity index (χ0n) is 12.4. The normalized spacial score (nSPS) is 11.7. The van der Waals surface area contributed by atoms with Crippen molar-refractivity contribution in [1.82, 2.24) is 0 Å². The number of rotatable bonds is 5. The first kappa shape index (κ1) is 17.1. The Kier molecular flexibility index (Phi) is 5.32. The SMILES string of the molecule is O=S(=O)(Nc1ccc(I)cc1)c1ccc(N=Cc2cccs2)cc1. The Morgan fingerprint density at radius 1 is 1.00 bits per heavy atom. The molecule has 3 aromatic rings. The second kappa shape index (κ2) is 7.45. The maximum absolute atomic E-state index is 12.4. The van der Waals surface area contributed by atoms with Gasteiger partial charge in [-0.2, -0.15) is 0 Å². The minimum atomic E-state index is -3.60. The van der Waals surface area contributed by atoms with Gasteiger partial charge in [-0.05, 0) is 82.6 Å². The molecule has 122 valence electrons. The first-order chi connectivity index (χ1) is 11.5. The molecule has 4 nitrogen and oxygen atoms in total. The van der Waals surface area contributed by atoms with Crippen LogP contribution in [-0.4, -0.2) is 14.6 Å². The number of sulfonamides is 1. The summed E-state index contributed by atoms with van der Waals surface area (Å²) in [6, 6.07) is 17.6. The summed E-state index contributed by atoms with van der Waals surface area (Å²) in [5, 5.41) is 1.98. The Bertz CT molecular complexity index is 933. The molecule has 3 rings (SSSR count). The van der Waals surface area contributed by atoms with Crippen LogP contribution in [0.3, 0.4) is 0 Å². The van der Waals surface area contributed by atoms with Gasteiger partial charge in [0.2, 0.25) is 0 Å². The van der Waals surface area contributed by atoms with E-state index in [0.717, 1.165) is 8.45 Å². The summed E-state index contributed by atoms with van der Waals surface area (Å²) >= 11 is 3.77. The molecule has 1 aromatic heterocycles. The first-order valence-corrected chi connectivity index (χ1v) is 10.4. The van der Waals surface area contributed by atoms with Crippen LogP contribution in [0.5, 0.6) is 0 Å². The van der Waals surface area contributed by atoms with Crippen molar-refractivity contribution in [3.05, 3.63) is 74.5 Å². The summed E-state index contributed by atoms with van der Waals surface area (Å²) in [6.45, 7) is 0. The van der Waals surface area contributed by atoms with Crippen molar-refractivity contribution >= 4 is 61.5 Å². The minimum Gasteiger partial charge on any atom is -0.280 e. The molecule has 0 saturated heterocycles. The van der Waals surface area contributed by atoms with E-state index in [4.69, 9.17) is 0 Å². The molecule has 0 fully saturated rings. The highest BCUT2D eigenvalue weighted by molar-refractivity contribution is 14.1. The topological polar surface area (TPSA) is 58.5 Å². The Balaban J connectivity index is 1.75. The molecule has 0 aliphatic carbocycles. The van der Waals surface area contributed by atoms with Crippen LogP contribution in [0.4, 0.5) is 11.4 Å². The van der Waals surface area contributed by atoms with E-state index in [-0.39, 0.29) is 4.90 Å². The lowest BCUT2D eigenvalue weighted by Crippen LogP contribution is -2.12. The zero-order valence-corrected chi connectivity index (χ0v) is 16.2. The van der Waals surface area contributed by atoms with Crippen molar-refractivity contribution < 1.29 is 8.42 Å². The van der Waals surface area contributed by atoms with Gasteiger partial charge in [0.1, 0.15) is 0 Å². The van der Waals surface area contributed by atoms with E-state index >= 15 is 0 Å². The van der Waals surface area contributed by atoms with Crippen LogP contribution in [0.25, 0.3) is 0 Å². The van der Waals surface area contributed by atoms with E-state index in [1.54, 1.807) is 53.9 Å². The third-order valence-electron chi connectivity index (χ3n) is 3.13. The number of halogens is 1. The molecule has 2 aromatic carbocycles. The van der Waals surface area contributed by atoms with Gasteiger partial charge < -0.3 is 0 Å². The number of hydrogen-bond donors (Lipinski definition) is 1. The van der Waals surface area contributed by atoms with Crippen LogP contribution in [0.1, 0.15) is 4.88 Å². The third-order valence-corrected chi connectivity index (χ3v) is 6.05. The van der Waals surface area contributed by atoms with E-state index in [9.17, 15) is 8.42 Å². The minimum absolute atomic E-state index is 0.205. The summed E-state index contributed by atoms with van der Waals surface area (Å²) < 4.78 is 28.4. The molecular formula is C17H13IN2O2S2. The molecule has 0 saturated carbocycles. The smallest absolute Gasteiger partial charge is 0.261 e. The second-order valence-electron chi connectivity index (χ2n) is 4.88. The summed E-state index contributed by atoms with van der Waals surface area (Å²) in [7, 11) is -3.60. The lowest BCUT2D eigenvalue weighted by atomic mass is 10.3. The molecule has 0 radical (unpaired) electrons. The van der Waals surface area contributed by atoms with Crippen molar-refractivity contribution in [2.45, 2.75) is 4.90 Å². The Morgan fingerprint density at radius 2 is 1.71 bits per heavy atom. The van der Waals surface area contributed by atoms with E-state index in [1.807, 2.05) is 29.6 Å². The van der Waals surface area contributed by atoms with Crippen LogP contribution >= 0.6 is 33.9 Å². The fourth-order valence-electron chi connectivity index (χ4n) is 1.95. The van der Waals surface area contributed by atoms with E-state index in [0.29, 0.717) is 11.4 Å². The molecule has 0 amide bonds. The van der Waals surface area contributed by atoms with Crippen LogP contribution in [-0.2, 0) is 10.0 Å². The molecular weight excluding hydrogens is 455 g/mol. The van der Waals surface area contributed by atoms with Crippen molar-refractivity contribution in [3.8, 4) is 0 Å². The average Bonchev–Trinajstić information content (AvgIpc) is 3.09. The van der Waals surface area contributed by atoms with Crippen molar-refractivity contribution in [1.29, 1.82) is 0 Å². The number of aliphatic imine (C=N–C) groups is 1. The molecule has 0 unspecified atom stereocenters. The Labute approximate surface area is 158 Å². The summed E-state index contributed by atoms with van der Waals surface area (Å²) in [4.78, 5) is 5.59. The zero-order chi connectivity index (χ0) is 17.0. The standard InChI is InChI=1S/C17H13IN2O2S2/c18-13-3-5-15(6-4-13)20-24(21,22)17-9-7-14(8-10-17)19-12-16-2-1-11-23-16/h1-12,20H. The van der Waals surface area contributed by atoms with Gasteiger partial charge in [-0.3, -0.25) is 9.71 Å². The van der Waals surface area contributed by atoms with Crippen LogP contribution < -0.4 is 4.72 Å². The van der Waals surface area contributed by atoms with Gasteiger partial charge in [0.05, 0.1) is 10.6 Å². The van der Waals surface area contributed by atoms with Gasteiger partial charge >= 0.3 is 0 Å². The van der Waals surface area contributed by atoms with Gasteiger partial charge in [-0.25, -0.2) is 8.42 Å². The quantitative estimate of drug-likeness (QED) is 0.428. The summed E-state index contributed by atoms with van der Waals surface area (Å²) in [6.07, 6.45) is 1.76. The van der Waals surface area contributed by atoms with Crippen LogP contribution in [0.2, 0.25) is 0 Å². The van der Waals surface area contributed by atoms with Crippen molar-refractivity contribution in [2.24, 2.45) is 4.99 Å². The highest BCUT2D eigenvalue weighted by Gasteiger charge is 2.13. The van der Waals surface area contributed by atoms with E-state index in [1.165, 1.54) is 0 Å². The Hall–Kier alpha value is -1.71. The van der Waals surface area contributed by atoms with E-state index < -0.39 is 10.0 Å². The van der Waals surface area contributed by atoms with E-state index in [2.05, 4.69) is 32.3 Å². The monoisotopic (exact) mass is 468 g/mol. The lowest BCUT2D eigenvalue weighted by Gasteiger charge is -2.08. The van der Waals surface area contributed by atoms with Gasteiger partial charge in [-0.1, -0.05) is 6.07 Å². The van der Waals surface area contributed by atoms with Gasteiger partial charge in [0.15, 0.2) is 0 Å².